The van der Waals surface area contributed by atoms with Crippen molar-refractivity contribution in [1.29, 1.82) is 0 Å². The van der Waals surface area contributed by atoms with E-state index in [0.29, 0.717) is 5.56 Å². The van der Waals surface area contributed by atoms with Crippen LogP contribution in [0.4, 0.5) is 17.6 Å². The first kappa shape index (κ1) is 27.3. The molecular weight excluding hydrogens is 805 g/mol. The van der Waals surface area contributed by atoms with Crippen molar-refractivity contribution >= 4 is 85.7 Å². The highest BCUT2D eigenvalue weighted by Crippen LogP contribution is 2.33. The number of rotatable bonds is 5. The van der Waals surface area contributed by atoms with Gasteiger partial charge in [0.1, 0.15) is 6.10 Å². The first-order valence-corrected chi connectivity index (χ1v) is 12.8. The lowest BCUT2D eigenvalue weighted by atomic mass is 9.87. The molecule has 2 aromatic carbocycles. The van der Waals surface area contributed by atoms with E-state index in [0.717, 1.165) is 10.7 Å². The van der Waals surface area contributed by atoms with Gasteiger partial charge < -0.3 is 19.4 Å². The molecule has 1 saturated carbocycles. The van der Waals surface area contributed by atoms with Gasteiger partial charge in [-0.25, -0.2) is 13.6 Å². The number of carbonyl (C=O) groups excluding carboxylic acids is 3. The second-order valence-corrected chi connectivity index (χ2v) is 10.8. The van der Waals surface area contributed by atoms with Crippen LogP contribution in [0.3, 0.4) is 0 Å². The van der Waals surface area contributed by atoms with Crippen LogP contribution in [0, 0.1) is 39.9 Å². The van der Waals surface area contributed by atoms with Crippen molar-refractivity contribution in [2.75, 3.05) is 0 Å². The topological polar surface area (TPSA) is 92.7 Å². The molecule has 3 rings (SSSR count). The minimum absolute atomic E-state index is 0.128. The lowest BCUT2D eigenvalue weighted by Crippen LogP contribution is -2.31. The molecule has 0 saturated heterocycles. The van der Waals surface area contributed by atoms with Gasteiger partial charge in [0.2, 0.25) is 17.4 Å². The maximum atomic E-state index is 14.0. The molecule has 0 unspecified atom stereocenters. The molecule has 1 aliphatic carbocycles. The molecule has 0 aliphatic heterocycles. The number of hydrogen-bond donors (Lipinski definition) is 0. The van der Waals surface area contributed by atoms with Gasteiger partial charge in [0.15, 0.2) is 11.6 Å². The summed E-state index contributed by atoms with van der Waals surface area (Å²) in [5.74, 6) is -15.5. The van der Waals surface area contributed by atoms with E-state index in [1.807, 2.05) is 28.7 Å². The zero-order valence-electron chi connectivity index (χ0n) is 16.7. The molecular formula is C21H12F4I3O6-. The Labute approximate surface area is 231 Å². The Morgan fingerprint density at radius 1 is 0.882 bits per heavy atom. The van der Waals surface area contributed by atoms with E-state index in [4.69, 9.17) is 4.74 Å². The molecule has 0 aromatic heterocycles. The van der Waals surface area contributed by atoms with Crippen LogP contribution in [-0.4, -0.2) is 24.0 Å². The lowest BCUT2D eigenvalue weighted by Gasteiger charge is -2.27. The number of carboxylic acids is 1. The standard InChI is InChI=1S/C21H13F4I3O6/c22-13-12(19(29)30)14(23)16(25)18(15(13)24)34-20(31)7-1-3-9(4-2-7)33-21(32)10-5-8(26)6-11(27)17(10)28/h5-7,9H,1-4H2,(H,29,30)/p-1. The van der Waals surface area contributed by atoms with Gasteiger partial charge in [0, 0.05) is 10.7 Å². The van der Waals surface area contributed by atoms with Gasteiger partial charge in [-0.15, -0.1) is 0 Å². The van der Waals surface area contributed by atoms with Crippen molar-refractivity contribution in [3.63, 3.8) is 0 Å². The maximum absolute atomic E-state index is 14.0. The van der Waals surface area contributed by atoms with Crippen LogP contribution in [-0.2, 0) is 9.53 Å². The largest absolute Gasteiger partial charge is 0.545 e. The number of carbonyl (C=O) groups is 3. The molecule has 13 heteroatoms. The average Bonchev–Trinajstić information content (AvgIpc) is 2.78. The van der Waals surface area contributed by atoms with Crippen molar-refractivity contribution < 1.29 is 46.5 Å². The predicted molar refractivity (Wildman–Crippen MR) is 132 cm³/mol. The highest BCUT2D eigenvalue weighted by atomic mass is 127. The summed E-state index contributed by atoms with van der Waals surface area (Å²) in [7, 11) is 0. The van der Waals surface area contributed by atoms with Crippen LogP contribution >= 0.6 is 67.8 Å². The zero-order chi connectivity index (χ0) is 25.3. The molecule has 34 heavy (non-hydrogen) atoms. The summed E-state index contributed by atoms with van der Waals surface area (Å²) in [6.45, 7) is 0. The molecule has 0 bridgehead atoms. The molecule has 182 valence electrons. The number of hydrogen-bond acceptors (Lipinski definition) is 6. The van der Waals surface area contributed by atoms with E-state index >= 15 is 0 Å². The van der Waals surface area contributed by atoms with E-state index in [2.05, 4.69) is 49.9 Å². The third kappa shape index (κ3) is 5.76. The molecule has 6 nitrogen and oxygen atoms in total. The summed E-state index contributed by atoms with van der Waals surface area (Å²) in [6.07, 6.45) is 0.251. The molecule has 0 spiro atoms. The average molecular weight is 817 g/mol. The monoisotopic (exact) mass is 817 g/mol. The Morgan fingerprint density at radius 3 is 1.97 bits per heavy atom. The fourth-order valence-corrected chi connectivity index (χ4v) is 5.78. The minimum Gasteiger partial charge on any atom is -0.545 e. The smallest absolute Gasteiger partial charge is 0.339 e. The predicted octanol–water partition coefficient (Wildman–Crippen LogP) is 4.74. The Morgan fingerprint density at radius 2 is 1.44 bits per heavy atom. The number of ether oxygens (including phenoxy) is 2. The first-order chi connectivity index (χ1) is 15.9. The normalized spacial score (nSPS) is 17.9. The first-order valence-electron chi connectivity index (χ1n) is 9.56. The second kappa shape index (κ2) is 11.2. The van der Waals surface area contributed by atoms with Crippen LogP contribution < -0.4 is 9.84 Å². The van der Waals surface area contributed by atoms with Crippen molar-refractivity contribution in [3.05, 3.63) is 57.2 Å². The fraction of sp³-hybridized carbons (Fsp3) is 0.286. The zero-order valence-corrected chi connectivity index (χ0v) is 23.2. The van der Waals surface area contributed by atoms with Crippen molar-refractivity contribution in [1.82, 2.24) is 0 Å². The van der Waals surface area contributed by atoms with Crippen molar-refractivity contribution in [2.45, 2.75) is 31.8 Å². The fourth-order valence-electron chi connectivity index (χ4n) is 3.40. The SMILES string of the molecule is O=C(OC1CCC(C(=O)Oc2c(F)c(F)c(C(=O)[O-])c(F)c2F)CC1)c1cc(I)cc(I)c1I. The number of aromatic carboxylic acids is 1. The number of carboxylic acid groups (broad SMARTS) is 1. The van der Waals surface area contributed by atoms with Gasteiger partial charge in [0.25, 0.3) is 0 Å². The third-order valence-corrected chi connectivity index (χ3v) is 8.79. The molecule has 0 atom stereocenters. The number of halogens is 7. The highest BCUT2D eigenvalue weighted by molar-refractivity contribution is 14.1. The molecule has 0 N–H and O–H groups in total. The van der Waals surface area contributed by atoms with Crippen molar-refractivity contribution in [2.24, 2.45) is 5.92 Å². The minimum atomic E-state index is -2.46. The van der Waals surface area contributed by atoms with E-state index in [-0.39, 0.29) is 25.7 Å². The van der Waals surface area contributed by atoms with Gasteiger partial charge in [-0.3, -0.25) is 4.79 Å². The van der Waals surface area contributed by atoms with Gasteiger partial charge >= 0.3 is 11.9 Å². The van der Waals surface area contributed by atoms with Crippen molar-refractivity contribution in [3.8, 4) is 5.75 Å². The maximum Gasteiger partial charge on any atom is 0.339 e. The third-order valence-electron chi connectivity index (χ3n) is 5.12. The van der Waals surface area contributed by atoms with Gasteiger partial charge in [0.05, 0.1) is 23.0 Å². The Balaban J connectivity index is 1.65. The van der Waals surface area contributed by atoms with Gasteiger partial charge in [-0.1, -0.05) is 0 Å². The van der Waals surface area contributed by atoms with Gasteiger partial charge in [-0.2, -0.15) is 8.78 Å². The van der Waals surface area contributed by atoms with E-state index in [1.54, 1.807) is 6.07 Å². The quantitative estimate of drug-likeness (QED) is 0.143. The van der Waals surface area contributed by atoms with Gasteiger partial charge in [-0.05, 0) is 106 Å². The van der Waals surface area contributed by atoms with Crippen LogP contribution in [0.5, 0.6) is 5.75 Å². The lowest BCUT2D eigenvalue weighted by molar-refractivity contribution is -0.255. The number of benzene rings is 2. The van der Waals surface area contributed by atoms with E-state index in [9.17, 15) is 37.1 Å². The van der Waals surface area contributed by atoms with Crippen LogP contribution in [0.15, 0.2) is 12.1 Å². The molecule has 0 radical (unpaired) electrons. The summed E-state index contributed by atoms with van der Waals surface area (Å²) in [4.78, 5) is 35.6. The Kier molecular flexibility index (Phi) is 9.02. The molecule has 2 aromatic rings. The Bertz CT molecular complexity index is 1150. The summed E-state index contributed by atoms with van der Waals surface area (Å²) in [5.41, 5.74) is -1.52. The van der Waals surface area contributed by atoms with E-state index in [1.165, 1.54) is 0 Å². The summed E-state index contributed by atoms with van der Waals surface area (Å²) >= 11 is 6.24. The molecule has 1 aliphatic rings. The second-order valence-electron chi connectivity index (χ2n) is 7.30. The summed E-state index contributed by atoms with van der Waals surface area (Å²) < 4.78 is 68.2. The summed E-state index contributed by atoms with van der Waals surface area (Å²) in [6, 6.07) is 3.61. The highest BCUT2D eigenvalue weighted by Gasteiger charge is 2.34. The molecule has 1 fully saturated rings. The molecule has 0 heterocycles. The van der Waals surface area contributed by atoms with Crippen LogP contribution in [0.1, 0.15) is 46.4 Å². The molecule has 0 amide bonds. The van der Waals surface area contributed by atoms with Crippen LogP contribution in [0.2, 0.25) is 0 Å². The van der Waals surface area contributed by atoms with Crippen LogP contribution in [0.25, 0.3) is 0 Å². The Hall–Kier alpha value is -1.24. The van der Waals surface area contributed by atoms with E-state index < -0.39 is 64.5 Å². The summed E-state index contributed by atoms with van der Waals surface area (Å²) in [5, 5.41) is 10.7. The number of esters is 2.